The topological polar surface area (TPSA) is 87.5 Å². The highest BCUT2D eigenvalue weighted by Crippen LogP contribution is 2.39. The zero-order chi connectivity index (χ0) is 7.33. The van der Waals surface area contributed by atoms with Crippen LogP contribution in [0.15, 0.2) is 0 Å². The van der Waals surface area contributed by atoms with Gasteiger partial charge in [0.15, 0.2) is 0 Å². The van der Waals surface area contributed by atoms with Crippen LogP contribution in [0.4, 0.5) is 0 Å². The molecule has 0 aromatic rings. The van der Waals surface area contributed by atoms with E-state index in [9.17, 15) is 9.36 Å². The van der Waals surface area contributed by atoms with Gasteiger partial charge < -0.3 is 14.8 Å². The third-order valence-electron chi connectivity index (χ3n) is 0.530. The van der Waals surface area contributed by atoms with E-state index in [1.54, 1.807) is 0 Å². The summed E-state index contributed by atoms with van der Waals surface area (Å²) in [6.45, 7) is -0.107. The molecule has 1 unspecified atom stereocenters. The maximum Gasteiger partial charge on any atom is 0.383 e. The van der Waals surface area contributed by atoms with Crippen molar-refractivity contribution >= 4 is 20.3 Å². The van der Waals surface area contributed by atoms with Crippen molar-refractivity contribution in [2.24, 2.45) is 0 Å². The van der Waals surface area contributed by atoms with Gasteiger partial charge in [0, 0.05) is 6.21 Å². The molecule has 0 spiro atoms. The Bertz CT molecular complexity index is 142. The second-order valence-corrected chi connectivity index (χ2v) is 3.08. The third kappa shape index (κ3) is 3.88. The van der Waals surface area contributed by atoms with E-state index in [1.807, 2.05) is 0 Å². The molecular formula is C3H6NO4P. The average molecular weight is 151 g/mol. The van der Waals surface area contributed by atoms with Gasteiger partial charge in [-0.25, -0.2) is 4.57 Å². The van der Waals surface area contributed by atoms with Gasteiger partial charge in [-0.2, -0.15) is 0 Å². The molecule has 1 atom stereocenters. The smallest absolute Gasteiger partial charge is 0.383 e. The third-order valence-corrected chi connectivity index (χ3v) is 1.59. The Hall–Kier alpha value is -0.670. The Morgan fingerprint density at radius 1 is 1.78 bits per heavy atom. The lowest BCUT2D eigenvalue weighted by Gasteiger charge is -2.02. The molecule has 0 saturated heterocycles. The van der Waals surface area contributed by atoms with Crippen molar-refractivity contribution in [1.82, 2.24) is 0 Å². The van der Waals surface area contributed by atoms with Crippen LogP contribution in [0.1, 0.15) is 0 Å². The molecule has 0 heterocycles. The SMILES string of the molecule is N=CCP(=O)(O)OC=O. The molecule has 0 aromatic carbocycles. The van der Waals surface area contributed by atoms with Crippen LogP contribution in [0.5, 0.6) is 0 Å². The van der Waals surface area contributed by atoms with Crippen LogP contribution in [-0.2, 0) is 13.9 Å². The van der Waals surface area contributed by atoms with Gasteiger partial charge in [0.25, 0.3) is 6.47 Å². The zero-order valence-corrected chi connectivity index (χ0v) is 5.38. The summed E-state index contributed by atoms with van der Waals surface area (Å²) in [7, 11) is -3.80. The molecule has 0 radical (unpaired) electrons. The highest BCUT2D eigenvalue weighted by atomic mass is 31.2. The van der Waals surface area contributed by atoms with Gasteiger partial charge in [-0.15, -0.1) is 0 Å². The molecule has 0 aliphatic carbocycles. The summed E-state index contributed by atoms with van der Waals surface area (Å²) in [5.74, 6) is 0. The zero-order valence-electron chi connectivity index (χ0n) is 4.48. The fourth-order valence-corrected chi connectivity index (χ4v) is 0.677. The van der Waals surface area contributed by atoms with Crippen LogP contribution < -0.4 is 0 Å². The van der Waals surface area contributed by atoms with Crippen molar-refractivity contribution in [3.8, 4) is 0 Å². The van der Waals surface area contributed by atoms with Gasteiger partial charge in [0.2, 0.25) is 0 Å². The number of nitrogens with one attached hydrogen (secondary N) is 1. The highest BCUT2D eigenvalue weighted by molar-refractivity contribution is 7.54. The van der Waals surface area contributed by atoms with E-state index in [0.29, 0.717) is 6.21 Å². The number of rotatable bonds is 4. The minimum atomic E-state index is -3.80. The second-order valence-electron chi connectivity index (χ2n) is 1.23. The molecule has 0 aromatic heterocycles. The van der Waals surface area contributed by atoms with Crippen molar-refractivity contribution < 1.29 is 18.8 Å². The van der Waals surface area contributed by atoms with Crippen LogP contribution in [0, 0.1) is 5.41 Å². The predicted octanol–water partition coefficient (Wildman–Crippen LogP) is -0.00563. The normalized spacial score (nSPS) is 15.7. The molecule has 0 rings (SSSR count). The first-order valence-electron chi connectivity index (χ1n) is 2.05. The molecule has 0 amide bonds. The lowest BCUT2D eigenvalue weighted by Crippen LogP contribution is -1.92. The fraction of sp³-hybridized carbons (Fsp3) is 0.333. The molecule has 6 heteroatoms. The number of carbonyl (C=O) groups excluding carboxylic acids is 1. The van der Waals surface area contributed by atoms with Crippen LogP contribution in [-0.4, -0.2) is 23.7 Å². The minimum absolute atomic E-state index is 0.107. The average Bonchev–Trinajstić information content (AvgIpc) is 1.64. The van der Waals surface area contributed by atoms with Gasteiger partial charge in [-0.1, -0.05) is 0 Å². The van der Waals surface area contributed by atoms with Crippen LogP contribution in [0.25, 0.3) is 0 Å². The predicted molar refractivity (Wildman–Crippen MR) is 30.6 cm³/mol. The summed E-state index contributed by atoms with van der Waals surface area (Å²) >= 11 is 0. The van der Waals surface area contributed by atoms with Gasteiger partial charge in [-0.3, -0.25) is 4.79 Å². The largest absolute Gasteiger partial charge is 0.394 e. The summed E-state index contributed by atoms with van der Waals surface area (Å²) in [5.41, 5.74) is 0. The maximum atomic E-state index is 10.4. The monoisotopic (exact) mass is 151 g/mol. The molecule has 0 aliphatic heterocycles. The molecule has 0 saturated carbocycles. The number of carbonyl (C=O) groups is 1. The van der Waals surface area contributed by atoms with Gasteiger partial charge in [-0.05, 0) is 0 Å². The summed E-state index contributed by atoms with van der Waals surface area (Å²) < 4.78 is 14.1. The van der Waals surface area contributed by atoms with Crippen molar-refractivity contribution in [2.75, 3.05) is 6.16 Å². The van der Waals surface area contributed by atoms with Crippen molar-refractivity contribution in [1.29, 1.82) is 5.41 Å². The Morgan fingerprint density at radius 3 is 2.67 bits per heavy atom. The first-order chi connectivity index (χ1) is 4.12. The van der Waals surface area contributed by atoms with Crippen molar-refractivity contribution in [3.63, 3.8) is 0 Å². The highest BCUT2D eigenvalue weighted by Gasteiger charge is 2.16. The Balaban J connectivity index is 3.85. The summed E-state index contributed by atoms with van der Waals surface area (Å²) in [4.78, 5) is 17.9. The van der Waals surface area contributed by atoms with E-state index in [0.717, 1.165) is 0 Å². The summed E-state index contributed by atoms with van der Waals surface area (Å²) in [5, 5.41) is 6.38. The Labute approximate surface area is 51.7 Å². The van der Waals surface area contributed by atoms with Gasteiger partial charge >= 0.3 is 7.60 Å². The Morgan fingerprint density at radius 2 is 2.33 bits per heavy atom. The van der Waals surface area contributed by atoms with E-state index >= 15 is 0 Å². The number of hydrogen-bond donors (Lipinski definition) is 2. The van der Waals surface area contributed by atoms with Gasteiger partial charge in [0.05, 0.1) is 6.16 Å². The van der Waals surface area contributed by atoms with Crippen LogP contribution >= 0.6 is 7.60 Å². The Kier molecular flexibility index (Phi) is 3.12. The first kappa shape index (κ1) is 8.33. The maximum absolute atomic E-state index is 10.4. The van der Waals surface area contributed by atoms with Crippen LogP contribution in [0.3, 0.4) is 0 Å². The van der Waals surface area contributed by atoms with Crippen LogP contribution in [0.2, 0.25) is 0 Å². The minimum Gasteiger partial charge on any atom is -0.394 e. The molecular weight excluding hydrogens is 145 g/mol. The number of hydrogen-bond acceptors (Lipinski definition) is 4. The van der Waals surface area contributed by atoms with Crippen molar-refractivity contribution in [3.05, 3.63) is 0 Å². The molecule has 5 nitrogen and oxygen atoms in total. The molecule has 2 N–H and O–H groups in total. The van der Waals surface area contributed by atoms with E-state index in [1.165, 1.54) is 0 Å². The van der Waals surface area contributed by atoms with E-state index in [-0.39, 0.29) is 6.47 Å². The molecule has 0 bridgehead atoms. The summed E-state index contributed by atoms with van der Waals surface area (Å²) in [6, 6.07) is 0. The molecule has 52 valence electrons. The lowest BCUT2D eigenvalue weighted by atomic mass is 10.9. The molecule has 0 fully saturated rings. The molecule has 9 heavy (non-hydrogen) atoms. The van der Waals surface area contributed by atoms with Crippen molar-refractivity contribution in [2.45, 2.75) is 0 Å². The van der Waals surface area contributed by atoms with E-state index < -0.39 is 13.8 Å². The summed E-state index contributed by atoms with van der Waals surface area (Å²) in [6.07, 6.45) is 0.288. The van der Waals surface area contributed by atoms with E-state index in [2.05, 4.69) is 4.52 Å². The quantitative estimate of drug-likeness (QED) is 0.336. The second kappa shape index (κ2) is 3.37. The van der Waals surface area contributed by atoms with E-state index in [4.69, 9.17) is 10.3 Å². The first-order valence-corrected chi connectivity index (χ1v) is 3.81. The van der Waals surface area contributed by atoms with Gasteiger partial charge in [0.1, 0.15) is 0 Å². The fourth-order valence-electron chi connectivity index (χ4n) is 0.226. The molecule has 0 aliphatic rings. The lowest BCUT2D eigenvalue weighted by molar-refractivity contribution is -0.121. The standard InChI is InChI=1S/C3H6NO4P/c4-1-2-9(6,7)8-3-5/h1,3-4H,2H2,(H,6,7).